The molecule has 70 heavy (non-hydrogen) atoms. The quantitative estimate of drug-likeness (QED) is 0.0552. The third-order valence-electron chi connectivity index (χ3n) is 13.0. The molecule has 0 bridgehead atoms. The summed E-state index contributed by atoms with van der Waals surface area (Å²) in [6, 6.07) is 9.30. The number of unbranched alkanes of at least 4 members (excludes halogenated alkanes) is 2. The van der Waals surface area contributed by atoms with E-state index in [1.807, 2.05) is 41.6 Å². The van der Waals surface area contributed by atoms with Gasteiger partial charge in [-0.15, -0.1) is 0 Å². The number of allylic oxidation sites excluding steroid dienone is 4. The zero-order valence-electron chi connectivity index (χ0n) is 40.5. The number of amides is 3. The van der Waals surface area contributed by atoms with Crippen LogP contribution in [0.4, 0.5) is 11.4 Å². The molecular weight excluding hydrogens is 993 g/mol. The Balaban J connectivity index is 1.57. The summed E-state index contributed by atoms with van der Waals surface area (Å²) in [5.74, 6) is -1.74. The van der Waals surface area contributed by atoms with E-state index in [4.69, 9.17) is 21.5 Å². The molecule has 2 aromatic rings. The van der Waals surface area contributed by atoms with E-state index in [-0.39, 0.29) is 79.0 Å². The van der Waals surface area contributed by atoms with Crippen LogP contribution in [0.5, 0.6) is 0 Å². The minimum absolute atomic E-state index is 0.0485. The number of benzene rings is 2. The molecule has 0 saturated heterocycles. The van der Waals surface area contributed by atoms with Gasteiger partial charge in [0.2, 0.25) is 11.6 Å². The van der Waals surface area contributed by atoms with Gasteiger partial charge in [0.25, 0.3) is 52.3 Å². The highest BCUT2D eigenvalue weighted by Crippen LogP contribution is 2.51. The summed E-state index contributed by atoms with van der Waals surface area (Å²) in [6.45, 7) is 4.95. The van der Waals surface area contributed by atoms with Crippen molar-refractivity contribution in [1.82, 2.24) is 10.2 Å². The Kier molecular flexibility index (Phi) is 18.7. The SMILES string of the molecule is COCCN1/C(=C/C=C/C2=[N+](CCCCCC(=O)NCCN3C(=O)C=CC3=O)c3ccc(S(=O)(=O)OC)cc3C2(C)CCCS(=O)(=O)OC)C(C)(CCCS(=O)(=O)OC)c2cc(S(=O)(=O)OC)ccc21. The predicted molar refractivity (Wildman–Crippen MR) is 260 cm³/mol. The number of rotatable bonds is 28. The number of imide groups is 1. The number of ether oxygens (including phenoxy) is 1. The molecule has 3 aliphatic rings. The zero-order valence-corrected chi connectivity index (χ0v) is 43.7. The van der Waals surface area contributed by atoms with E-state index in [9.17, 15) is 48.1 Å². The molecule has 1 N–H and O–H groups in total. The summed E-state index contributed by atoms with van der Waals surface area (Å²) in [4.78, 5) is 39.3. The predicted octanol–water partition coefficient (Wildman–Crippen LogP) is 3.69. The van der Waals surface area contributed by atoms with E-state index in [0.717, 1.165) is 33.3 Å². The van der Waals surface area contributed by atoms with Crippen LogP contribution in [0.3, 0.4) is 0 Å². The summed E-state index contributed by atoms with van der Waals surface area (Å²) >= 11 is 0. The lowest BCUT2D eigenvalue weighted by Gasteiger charge is -2.30. The van der Waals surface area contributed by atoms with Gasteiger partial charge in [-0.2, -0.15) is 38.2 Å². The molecule has 0 spiro atoms. The molecule has 2 unspecified atom stereocenters. The van der Waals surface area contributed by atoms with Crippen LogP contribution < -0.4 is 10.2 Å². The van der Waals surface area contributed by atoms with Crippen molar-refractivity contribution >= 4 is 75.3 Å². The second-order valence-electron chi connectivity index (χ2n) is 17.2. The van der Waals surface area contributed by atoms with Crippen molar-refractivity contribution in [3.8, 4) is 0 Å². The number of carbonyl (C=O) groups is 3. The first-order valence-corrected chi connectivity index (χ1v) is 28.5. The van der Waals surface area contributed by atoms with Crippen LogP contribution in [0, 0.1) is 0 Å². The van der Waals surface area contributed by atoms with Crippen LogP contribution in [0.1, 0.15) is 76.3 Å². The molecule has 5 rings (SSSR count). The minimum Gasteiger partial charge on any atom is -0.383 e. The van der Waals surface area contributed by atoms with Crippen molar-refractivity contribution < 1.29 is 74.1 Å². The Morgan fingerprint density at radius 3 is 1.83 bits per heavy atom. The summed E-state index contributed by atoms with van der Waals surface area (Å²) in [7, 11) is -10.2. The zero-order chi connectivity index (χ0) is 51.7. The molecule has 0 aromatic heterocycles. The van der Waals surface area contributed by atoms with Gasteiger partial charge in [-0.25, -0.2) is 0 Å². The topological polar surface area (TPSA) is 255 Å². The molecule has 386 valence electrons. The number of fused-ring (bicyclic) bond motifs is 2. The molecule has 20 nitrogen and oxygen atoms in total. The summed E-state index contributed by atoms with van der Waals surface area (Å²) in [5, 5.41) is 2.75. The molecule has 24 heteroatoms. The normalized spacial score (nSPS) is 20.1. The maximum absolute atomic E-state index is 13.1. The lowest BCUT2D eigenvalue weighted by Crippen LogP contribution is -2.38. The Hall–Kier alpha value is -4.66. The Morgan fingerprint density at radius 1 is 0.686 bits per heavy atom. The largest absolute Gasteiger partial charge is 0.383 e. The average molecular weight is 1060 g/mol. The molecule has 3 heterocycles. The standard InChI is InChI=1S/C46H62N4O16S4/c1-45(23-12-30-67(54,55)63-4)36-32-34(69(58,59)65-6)17-19-38(36)48(26-10-8-9-16-42(51)47-25-27-50-43(52)21-22-44(50)53)40(45)14-11-15-41-46(2,24-13-31-68(56,57)64-5)37-33-35(70(60,61)66-7)18-20-39(37)49(41)28-29-62-3/h11,14-15,17-22,32-33H,8-10,12-13,16,23-31H2,1-7H3/p+1. The molecular formula is C46H63N4O16S4+. The van der Waals surface area contributed by atoms with Crippen LogP contribution in [0.2, 0.25) is 0 Å². The number of anilines is 1. The Bertz CT molecular complexity index is 2880. The molecule has 0 aliphatic carbocycles. The summed E-state index contributed by atoms with van der Waals surface area (Å²) < 4.78 is 129. The monoisotopic (exact) mass is 1060 g/mol. The first-order valence-electron chi connectivity index (χ1n) is 22.5. The third-order valence-corrected chi connectivity index (χ3v) is 18.1. The van der Waals surface area contributed by atoms with Crippen molar-refractivity contribution in [2.45, 2.75) is 85.8 Å². The fourth-order valence-corrected chi connectivity index (χ4v) is 11.8. The maximum atomic E-state index is 13.1. The smallest absolute Gasteiger partial charge is 0.296 e. The lowest BCUT2D eigenvalue weighted by atomic mass is 9.75. The highest BCUT2D eigenvalue weighted by molar-refractivity contribution is 7.87. The van der Waals surface area contributed by atoms with Gasteiger partial charge in [-0.1, -0.05) is 6.08 Å². The van der Waals surface area contributed by atoms with Crippen LogP contribution in [-0.2, 0) is 87.2 Å². The van der Waals surface area contributed by atoms with Crippen molar-refractivity contribution in [3.05, 3.63) is 83.6 Å². The van der Waals surface area contributed by atoms with Crippen LogP contribution in [-0.4, -0.2) is 146 Å². The van der Waals surface area contributed by atoms with Gasteiger partial charge in [0, 0.05) is 86.2 Å². The summed E-state index contributed by atoms with van der Waals surface area (Å²) in [6.07, 6.45) is 10.5. The fourth-order valence-electron chi connectivity index (χ4n) is 9.14. The van der Waals surface area contributed by atoms with E-state index in [0.29, 0.717) is 66.3 Å². The van der Waals surface area contributed by atoms with E-state index in [1.165, 1.54) is 36.4 Å². The Labute approximate surface area is 411 Å². The number of hydrogen-bond donors (Lipinski definition) is 1. The first kappa shape index (κ1) is 56.3. The highest BCUT2D eigenvalue weighted by Gasteiger charge is 2.49. The minimum atomic E-state index is -4.17. The second-order valence-corrected chi connectivity index (χ2v) is 24.4. The number of carbonyl (C=O) groups excluding carboxylic acids is 3. The van der Waals surface area contributed by atoms with E-state index in [1.54, 1.807) is 19.2 Å². The van der Waals surface area contributed by atoms with E-state index in [2.05, 4.69) is 5.32 Å². The average Bonchev–Trinajstić information content (AvgIpc) is 3.86. The van der Waals surface area contributed by atoms with Crippen molar-refractivity contribution in [3.63, 3.8) is 0 Å². The van der Waals surface area contributed by atoms with Crippen LogP contribution in [0.25, 0.3) is 0 Å². The van der Waals surface area contributed by atoms with E-state index >= 15 is 0 Å². The lowest BCUT2D eigenvalue weighted by molar-refractivity contribution is -0.438. The highest BCUT2D eigenvalue weighted by atomic mass is 32.2. The Morgan fingerprint density at radius 2 is 1.26 bits per heavy atom. The molecule has 0 fully saturated rings. The molecule has 0 radical (unpaired) electrons. The molecule has 3 amide bonds. The fraction of sp³-hybridized carbons (Fsp3) is 0.522. The first-order chi connectivity index (χ1) is 32.9. The number of methoxy groups -OCH3 is 1. The van der Waals surface area contributed by atoms with Crippen molar-refractivity contribution in [2.75, 3.05) is 84.7 Å². The number of nitrogens with zero attached hydrogens (tertiary/aromatic N) is 3. The second kappa shape index (κ2) is 23.3. The van der Waals surface area contributed by atoms with E-state index < -0.39 is 63.1 Å². The van der Waals surface area contributed by atoms with Crippen LogP contribution >= 0.6 is 0 Å². The third kappa shape index (κ3) is 12.9. The molecule has 0 saturated carbocycles. The van der Waals surface area contributed by atoms with Gasteiger partial charge in [-0.3, -0.25) is 36.0 Å². The van der Waals surface area contributed by atoms with Gasteiger partial charge in [0.1, 0.15) is 6.54 Å². The van der Waals surface area contributed by atoms with Gasteiger partial charge in [0.15, 0.2) is 5.71 Å². The maximum Gasteiger partial charge on any atom is 0.296 e. The van der Waals surface area contributed by atoms with Gasteiger partial charge in [0.05, 0.1) is 61.8 Å². The van der Waals surface area contributed by atoms with Gasteiger partial charge >= 0.3 is 0 Å². The molecule has 2 atom stereocenters. The number of hydrogen-bond acceptors (Lipinski definition) is 17. The van der Waals surface area contributed by atoms with Gasteiger partial charge < -0.3 is 15.0 Å². The van der Waals surface area contributed by atoms with Gasteiger partial charge in [-0.05, 0) is 94.3 Å². The van der Waals surface area contributed by atoms with Crippen LogP contribution in [0.15, 0.2) is 82.3 Å². The van der Waals surface area contributed by atoms with Crippen molar-refractivity contribution in [1.29, 1.82) is 0 Å². The molecule has 3 aliphatic heterocycles. The number of nitrogens with one attached hydrogen (secondary N) is 1. The molecule has 2 aromatic carbocycles. The summed E-state index contributed by atoms with van der Waals surface area (Å²) in [5.41, 5.74) is 1.95. The van der Waals surface area contributed by atoms with Crippen molar-refractivity contribution in [2.24, 2.45) is 0 Å².